The monoisotopic (exact) mass is 607 g/mol. The first-order valence-electron chi connectivity index (χ1n) is 9.72. The summed E-state index contributed by atoms with van der Waals surface area (Å²) in [5.74, 6) is -0.666. The third-order valence-corrected chi connectivity index (χ3v) is 6.29. The van der Waals surface area contributed by atoms with Gasteiger partial charge >= 0.3 is 0 Å². The molecule has 1 aromatic heterocycles. The number of amides is 1. The summed E-state index contributed by atoms with van der Waals surface area (Å²) in [7, 11) is 1.55. The lowest BCUT2D eigenvalue weighted by Crippen LogP contribution is -2.42. The first-order valence-corrected chi connectivity index (χ1v) is 11.6. The van der Waals surface area contributed by atoms with Gasteiger partial charge in [0.15, 0.2) is 0 Å². The summed E-state index contributed by atoms with van der Waals surface area (Å²) in [6, 6.07) is 4.53. The first-order chi connectivity index (χ1) is 14.5. The molecule has 1 aromatic carbocycles. The Kier molecular flexibility index (Phi) is 7.44. The number of pyridine rings is 1. The summed E-state index contributed by atoms with van der Waals surface area (Å²) in [5, 5.41) is 4.21. The van der Waals surface area contributed by atoms with E-state index in [0.717, 1.165) is 0 Å². The molecule has 0 saturated carbocycles. The molecule has 2 aromatic rings. The number of hydrogen-bond donors (Lipinski definition) is 1. The second-order valence-electron chi connectivity index (χ2n) is 8.08. The van der Waals surface area contributed by atoms with Crippen LogP contribution in [0.1, 0.15) is 36.7 Å². The van der Waals surface area contributed by atoms with Crippen molar-refractivity contribution >= 4 is 55.9 Å². The van der Waals surface area contributed by atoms with Gasteiger partial charge in [-0.15, -0.1) is 0 Å². The molecule has 0 atom stereocenters. The number of nitrogens with zero attached hydrogens (tertiary/aromatic N) is 2. The van der Waals surface area contributed by atoms with Crippen LogP contribution in [-0.4, -0.2) is 40.9 Å². The predicted octanol–water partition coefficient (Wildman–Crippen LogP) is 4.38. The Morgan fingerprint density at radius 1 is 1.26 bits per heavy atom. The molecular formula is C21H24BrFIN3O4. The number of aromatic nitrogens is 1. The highest BCUT2D eigenvalue weighted by molar-refractivity contribution is 14.1. The van der Waals surface area contributed by atoms with Gasteiger partial charge in [-0.1, -0.05) is 15.9 Å². The normalized spacial score (nSPS) is 14.0. The van der Waals surface area contributed by atoms with Gasteiger partial charge in [-0.25, -0.2) is 9.45 Å². The van der Waals surface area contributed by atoms with Crippen LogP contribution in [0.3, 0.4) is 0 Å². The lowest BCUT2D eigenvalue weighted by Gasteiger charge is -2.31. The summed E-state index contributed by atoms with van der Waals surface area (Å²) < 4.78 is 22.5. The van der Waals surface area contributed by atoms with E-state index in [0.29, 0.717) is 38.7 Å². The van der Waals surface area contributed by atoms with Crippen LogP contribution in [-0.2, 0) is 23.0 Å². The van der Waals surface area contributed by atoms with E-state index < -0.39 is 5.82 Å². The minimum Gasteiger partial charge on any atom is -0.373 e. The summed E-state index contributed by atoms with van der Waals surface area (Å²) in [4.78, 5) is 31.7. The number of anilines is 2. The van der Waals surface area contributed by atoms with Crippen LogP contribution < -0.4 is 10.9 Å². The minimum absolute atomic E-state index is 0.158. The molecule has 10 heteroatoms. The SMILES string of the molecule is Cn1c(Nc2ccc(Br)cc2F)c2c(c(I)c1=O)CCN(OCCOC(C)(C)C)C2=O. The van der Waals surface area contributed by atoms with Crippen LogP contribution in [0.2, 0.25) is 0 Å². The molecule has 31 heavy (non-hydrogen) atoms. The van der Waals surface area contributed by atoms with Gasteiger partial charge in [0.05, 0.1) is 40.2 Å². The molecule has 0 saturated heterocycles. The van der Waals surface area contributed by atoms with Crippen LogP contribution in [0.15, 0.2) is 27.5 Å². The molecule has 7 nitrogen and oxygen atoms in total. The summed E-state index contributed by atoms with van der Waals surface area (Å²) >= 11 is 5.19. The molecule has 0 spiro atoms. The van der Waals surface area contributed by atoms with E-state index in [9.17, 15) is 14.0 Å². The lowest BCUT2D eigenvalue weighted by molar-refractivity contribution is -0.148. The molecule has 1 aliphatic rings. The number of halogens is 3. The van der Waals surface area contributed by atoms with Crippen molar-refractivity contribution in [3.05, 3.63) is 53.5 Å². The molecule has 1 N–H and O–H groups in total. The van der Waals surface area contributed by atoms with Crippen molar-refractivity contribution in [1.82, 2.24) is 9.63 Å². The fourth-order valence-corrected chi connectivity index (χ4v) is 4.42. The fraction of sp³-hybridized carbons (Fsp3) is 0.429. The van der Waals surface area contributed by atoms with Gasteiger partial charge < -0.3 is 10.1 Å². The Labute approximate surface area is 202 Å². The standard InChI is InChI=1S/C21H24BrFIN3O4/c1-21(2,3)30-9-10-31-27-8-7-13-16(19(27)28)18(26(4)20(29)17(13)24)25-15-6-5-12(22)11-14(15)23/h5-6,11,25H,7-10H2,1-4H3. The smallest absolute Gasteiger partial charge is 0.281 e. The topological polar surface area (TPSA) is 72.8 Å². The molecule has 0 radical (unpaired) electrons. The quantitative estimate of drug-likeness (QED) is 0.390. The van der Waals surface area contributed by atoms with Gasteiger partial charge in [-0.2, -0.15) is 0 Å². The summed E-state index contributed by atoms with van der Waals surface area (Å²) in [6.45, 7) is 6.69. The average Bonchev–Trinajstić information content (AvgIpc) is 2.68. The zero-order valence-electron chi connectivity index (χ0n) is 17.7. The van der Waals surface area contributed by atoms with Crippen molar-refractivity contribution in [1.29, 1.82) is 0 Å². The number of benzene rings is 1. The zero-order chi connectivity index (χ0) is 22.9. The molecule has 3 rings (SSSR count). The van der Waals surface area contributed by atoms with Gasteiger partial charge in [0.1, 0.15) is 11.6 Å². The van der Waals surface area contributed by atoms with Gasteiger partial charge in [0, 0.05) is 11.5 Å². The van der Waals surface area contributed by atoms with Crippen molar-refractivity contribution in [2.45, 2.75) is 32.8 Å². The van der Waals surface area contributed by atoms with E-state index in [4.69, 9.17) is 9.57 Å². The van der Waals surface area contributed by atoms with Crippen molar-refractivity contribution < 1.29 is 18.8 Å². The lowest BCUT2D eigenvalue weighted by atomic mass is 10.0. The highest BCUT2D eigenvalue weighted by atomic mass is 127. The van der Waals surface area contributed by atoms with E-state index in [2.05, 4.69) is 21.2 Å². The van der Waals surface area contributed by atoms with E-state index >= 15 is 0 Å². The second-order valence-corrected chi connectivity index (χ2v) is 10.1. The Bertz CT molecular complexity index is 1070. The third kappa shape index (κ3) is 5.47. The average molecular weight is 608 g/mol. The Balaban J connectivity index is 1.93. The summed E-state index contributed by atoms with van der Waals surface area (Å²) in [6.07, 6.45) is 0.451. The Hall–Kier alpha value is -1.50. The largest absolute Gasteiger partial charge is 0.373 e. The van der Waals surface area contributed by atoms with E-state index in [1.54, 1.807) is 19.2 Å². The van der Waals surface area contributed by atoms with Crippen LogP contribution in [0, 0.1) is 9.39 Å². The van der Waals surface area contributed by atoms with Gasteiger partial charge in [0.2, 0.25) is 0 Å². The molecule has 2 heterocycles. The number of fused-ring (bicyclic) bond motifs is 1. The molecule has 0 bridgehead atoms. The van der Waals surface area contributed by atoms with Crippen molar-refractivity contribution in [2.75, 3.05) is 25.1 Å². The molecular weight excluding hydrogens is 584 g/mol. The third-order valence-electron chi connectivity index (χ3n) is 4.69. The van der Waals surface area contributed by atoms with Crippen LogP contribution in [0.4, 0.5) is 15.9 Å². The molecule has 1 aliphatic heterocycles. The number of nitrogens with one attached hydrogen (secondary N) is 1. The summed E-state index contributed by atoms with van der Waals surface area (Å²) in [5.41, 5.74) is 0.546. The first kappa shape index (κ1) is 24.1. The van der Waals surface area contributed by atoms with E-state index in [-0.39, 0.29) is 35.2 Å². The van der Waals surface area contributed by atoms with Gasteiger partial charge in [-0.05, 0) is 73.5 Å². The number of carbonyl (C=O) groups excluding carboxylic acids is 1. The highest BCUT2D eigenvalue weighted by Gasteiger charge is 2.33. The van der Waals surface area contributed by atoms with E-state index in [1.807, 2.05) is 43.4 Å². The number of carbonyl (C=O) groups is 1. The molecule has 0 aliphatic carbocycles. The number of hydrogen-bond acceptors (Lipinski definition) is 5. The highest BCUT2D eigenvalue weighted by Crippen LogP contribution is 2.31. The van der Waals surface area contributed by atoms with Gasteiger partial charge in [0.25, 0.3) is 11.5 Å². The zero-order valence-corrected chi connectivity index (χ0v) is 21.5. The van der Waals surface area contributed by atoms with Crippen LogP contribution in [0.25, 0.3) is 0 Å². The number of rotatable bonds is 6. The minimum atomic E-state index is -0.509. The molecule has 0 unspecified atom stereocenters. The van der Waals surface area contributed by atoms with Crippen molar-refractivity contribution in [3.8, 4) is 0 Å². The predicted molar refractivity (Wildman–Crippen MR) is 128 cm³/mol. The maximum absolute atomic E-state index is 14.4. The van der Waals surface area contributed by atoms with Crippen molar-refractivity contribution in [3.63, 3.8) is 0 Å². The van der Waals surface area contributed by atoms with Gasteiger partial charge in [-0.3, -0.25) is 19.0 Å². The number of ether oxygens (including phenoxy) is 1. The fourth-order valence-electron chi connectivity index (χ4n) is 3.19. The second kappa shape index (κ2) is 9.55. The van der Waals surface area contributed by atoms with E-state index in [1.165, 1.54) is 15.7 Å². The molecule has 1 amide bonds. The number of hydroxylamine groups is 2. The Morgan fingerprint density at radius 2 is 1.97 bits per heavy atom. The Morgan fingerprint density at radius 3 is 2.61 bits per heavy atom. The van der Waals surface area contributed by atoms with Crippen molar-refractivity contribution in [2.24, 2.45) is 7.05 Å². The molecule has 168 valence electrons. The van der Waals surface area contributed by atoms with Crippen LogP contribution >= 0.6 is 38.5 Å². The van der Waals surface area contributed by atoms with Crippen LogP contribution in [0.5, 0.6) is 0 Å². The molecule has 0 fully saturated rings. The maximum Gasteiger partial charge on any atom is 0.281 e. The maximum atomic E-state index is 14.4.